The van der Waals surface area contributed by atoms with Gasteiger partial charge in [0, 0.05) is 0 Å². The maximum Gasteiger partial charge on any atom is 0.288 e. The molecular weight excluding hydrogens is 308 g/mol. The zero-order valence-corrected chi connectivity index (χ0v) is 12.2. The summed E-state index contributed by atoms with van der Waals surface area (Å²) in [7, 11) is -3.81. The molecule has 112 valence electrons. The van der Waals surface area contributed by atoms with Gasteiger partial charge in [-0.05, 0) is 11.0 Å². The number of quaternary nitrogens is 1. The Balaban J connectivity index is 2.16. The zero-order chi connectivity index (χ0) is 14.6. The summed E-state index contributed by atoms with van der Waals surface area (Å²) in [4.78, 5) is 0.162. The normalized spacial score (nSPS) is 17.4. The molecule has 20 heavy (non-hydrogen) atoms. The highest BCUT2D eigenvalue weighted by molar-refractivity contribution is 7.99. The highest BCUT2D eigenvalue weighted by Gasteiger charge is 2.19. The Bertz CT molecular complexity index is 548. The minimum absolute atomic E-state index is 0.0624. The molecule has 0 aliphatic carbocycles. The van der Waals surface area contributed by atoms with Crippen molar-refractivity contribution in [1.29, 1.82) is 0 Å². The Morgan fingerprint density at radius 3 is 2.55 bits per heavy atom. The van der Waals surface area contributed by atoms with Crippen LogP contribution in [0.5, 0.6) is 0 Å². The van der Waals surface area contributed by atoms with Crippen molar-refractivity contribution in [2.45, 2.75) is 10.7 Å². The van der Waals surface area contributed by atoms with Crippen LogP contribution >= 0.6 is 11.8 Å². The van der Waals surface area contributed by atoms with Crippen LogP contribution in [0.2, 0.25) is 0 Å². The number of alkyl halides is 2. The summed E-state index contributed by atoms with van der Waals surface area (Å²) in [5.74, 6) is -2.61. The van der Waals surface area contributed by atoms with Crippen LogP contribution in [0.15, 0.2) is 29.2 Å². The van der Waals surface area contributed by atoms with Crippen LogP contribution in [0.25, 0.3) is 4.72 Å². The van der Waals surface area contributed by atoms with E-state index >= 15 is 0 Å². The third-order valence-electron chi connectivity index (χ3n) is 2.79. The molecule has 1 fully saturated rings. The molecule has 1 aliphatic heterocycles. The van der Waals surface area contributed by atoms with Crippen molar-refractivity contribution in [2.75, 3.05) is 26.2 Å². The van der Waals surface area contributed by atoms with Crippen LogP contribution in [0.3, 0.4) is 0 Å². The number of hydrogen-bond donors (Lipinski definition) is 1. The van der Waals surface area contributed by atoms with Gasteiger partial charge in [-0.2, -0.15) is 8.78 Å². The van der Waals surface area contributed by atoms with Crippen LogP contribution < -0.4 is 5.32 Å². The summed E-state index contributed by atoms with van der Waals surface area (Å²) in [5, 5.41) is 2.02. The van der Waals surface area contributed by atoms with E-state index in [1.54, 1.807) is 12.1 Å². The van der Waals surface area contributed by atoms with E-state index in [1.807, 2.05) is 5.32 Å². The lowest BCUT2D eigenvalue weighted by Crippen LogP contribution is -2.89. The van der Waals surface area contributed by atoms with Crippen molar-refractivity contribution in [3.05, 3.63) is 29.0 Å². The Hall–Kier alpha value is -0.900. The average Bonchev–Trinajstić information content (AvgIpc) is 2.41. The van der Waals surface area contributed by atoms with Crippen molar-refractivity contribution < 1.29 is 22.5 Å². The van der Waals surface area contributed by atoms with E-state index in [2.05, 4.69) is 4.72 Å². The third-order valence-corrected chi connectivity index (χ3v) is 5.01. The first kappa shape index (κ1) is 15.5. The smallest absolute Gasteiger partial charge is 0.288 e. The second-order valence-corrected chi connectivity index (χ2v) is 6.81. The predicted molar refractivity (Wildman–Crippen MR) is 73.5 cm³/mol. The molecule has 0 atom stereocenters. The SMILES string of the molecule is O=S(=O)([N-]c1ccccc1SC(F)F)N1CC[NH2+]CC1. The van der Waals surface area contributed by atoms with Crippen LogP contribution in [-0.4, -0.2) is 44.7 Å². The average molecular weight is 323 g/mol. The minimum atomic E-state index is -3.81. The van der Waals surface area contributed by atoms with Crippen LogP contribution in [0.4, 0.5) is 14.5 Å². The molecule has 0 aromatic heterocycles. The number of benzene rings is 1. The molecule has 2 rings (SSSR count). The van der Waals surface area contributed by atoms with Crippen molar-refractivity contribution in [3.63, 3.8) is 0 Å². The minimum Gasteiger partial charge on any atom is -0.563 e. The van der Waals surface area contributed by atoms with Crippen molar-refractivity contribution in [3.8, 4) is 0 Å². The van der Waals surface area contributed by atoms with Gasteiger partial charge in [-0.15, -0.1) is 5.69 Å². The zero-order valence-electron chi connectivity index (χ0n) is 10.6. The second-order valence-electron chi connectivity index (χ2n) is 4.18. The summed E-state index contributed by atoms with van der Waals surface area (Å²) in [6, 6.07) is 6.02. The lowest BCUT2D eigenvalue weighted by molar-refractivity contribution is -0.661. The van der Waals surface area contributed by atoms with Crippen LogP contribution in [0, 0.1) is 0 Å². The first-order valence-corrected chi connectivity index (χ1v) is 8.35. The van der Waals surface area contributed by atoms with Gasteiger partial charge in [-0.25, -0.2) is 12.7 Å². The van der Waals surface area contributed by atoms with E-state index in [1.165, 1.54) is 16.4 Å². The lowest BCUT2D eigenvalue weighted by atomic mass is 10.3. The lowest BCUT2D eigenvalue weighted by Gasteiger charge is -2.33. The molecule has 1 heterocycles. The largest absolute Gasteiger partial charge is 0.563 e. The Morgan fingerprint density at radius 1 is 1.25 bits per heavy atom. The molecule has 1 aromatic carbocycles. The van der Waals surface area contributed by atoms with Gasteiger partial charge in [0.1, 0.15) is 0 Å². The molecule has 1 aliphatic rings. The molecule has 0 amide bonds. The summed E-state index contributed by atoms with van der Waals surface area (Å²) < 4.78 is 54.1. The molecule has 1 aromatic rings. The molecule has 5 nitrogen and oxygen atoms in total. The topological polar surface area (TPSA) is 68.1 Å². The van der Waals surface area contributed by atoms with E-state index in [9.17, 15) is 17.2 Å². The fourth-order valence-corrected chi connectivity index (χ4v) is 3.70. The first-order valence-electron chi connectivity index (χ1n) is 6.07. The van der Waals surface area contributed by atoms with Gasteiger partial charge in [0.15, 0.2) is 10.2 Å². The summed E-state index contributed by atoms with van der Waals surface area (Å²) in [6.07, 6.45) is 0. The quantitative estimate of drug-likeness (QED) is 0.826. The third kappa shape index (κ3) is 4.05. The number of nitrogens with two attached hydrogens (primary N) is 1. The highest BCUT2D eigenvalue weighted by Crippen LogP contribution is 2.37. The molecule has 9 heteroatoms. The van der Waals surface area contributed by atoms with Crippen LogP contribution in [0.1, 0.15) is 0 Å². The van der Waals surface area contributed by atoms with Crippen molar-refractivity contribution >= 4 is 27.7 Å². The summed E-state index contributed by atoms with van der Waals surface area (Å²) >= 11 is 0.296. The van der Waals surface area contributed by atoms with E-state index in [4.69, 9.17) is 0 Å². The summed E-state index contributed by atoms with van der Waals surface area (Å²) in [6.45, 7) is 2.14. The molecule has 2 N–H and O–H groups in total. The summed E-state index contributed by atoms with van der Waals surface area (Å²) in [5.41, 5.74) is 0.0624. The Morgan fingerprint density at radius 2 is 1.90 bits per heavy atom. The maximum atomic E-state index is 12.4. The molecule has 0 saturated carbocycles. The number of nitrogens with zero attached hydrogens (tertiary/aromatic N) is 2. The first-order chi connectivity index (χ1) is 9.49. The highest BCUT2D eigenvalue weighted by atomic mass is 32.2. The maximum absolute atomic E-state index is 12.4. The van der Waals surface area contributed by atoms with Gasteiger partial charge in [0.2, 0.25) is 0 Å². The second kappa shape index (κ2) is 6.70. The van der Waals surface area contributed by atoms with Gasteiger partial charge in [-0.1, -0.05) is 30.0 Å². The van der Waals surface area contributed by atoms with Gasteiger partial charge >= 0.3 is 0 Å². The van der Waals surface area contributed by atoms with Gasteiger partial charge in [0.05, 0.1) is 26.2 Å². The van der Waals surface area contributed by atoms with E-state index in [0.29, 0.717) is 37.9 Å². The van der Waals surface area contributed by atoms with Gasteiger partial charge < -0.3 is 10.0 Å². The van der Waals surface area contributed by atoms with Gasteiger partial charge in [0.25, 0.3) is 5.76 Å². The monoisotopic (exact) mass is 323 g/mol. The van der Waals surface area contributed by atoms with E-state index < -0.39 is 16.0 Å². The molecule has 0 radical (unpaired) electrons. The fourth-order valence-electron chi connectivity index (χ4n) is 1.87. The number of piperazine rings is 1. The number of thioether (sulfide) groups is 1. The molecular formula is C11H15F2N3O2S2. The van der Waals surface area contributed by atoms with E-state index in [-0.39, 0.29) is 10.6 Å². The number of halogens is 2. The van der Waals surface area contributed by atoms with Crippen molar-refractivity contribution in [2.24, 2.45) is 0 Å². The Kier molecular flexibility index (Phi) is 5.19. The molecule has 0 unspecified atom stereocenters. The Labute approximate surface area is 120 Å². The molecule has 0 spiro atoms. The molecule has 0 bridgehead atoms. The standard InChI is InChI=1S/C11H14F2N3O2S2/c12-11(13)19-10-4-2-1-3-9(10)15-20(17,18)16-7-5-14-6-8-16/h1-4,11,14H,5-8H2/q-1/p+1. The molecule has 1 saturated heterocycles. The van der Waals surface area contributed by atoms with Crippen molar-refractivity contribution in [1.82, 2.24) is 4.31 Å². The van der Waals surface area contributed by atoms with E-state index in [0.717, 1.165) is 0 Å². The van der Waals surface area contributed by atoms with Gasteiger partial charge in [-0.3, -0.25) is 0 Å². The predicted octanol–water partition coefficient (Wildman–Crippen LogP) is 1.13. The fraction of sp³-hybridized carbons (Fsp3) is 0.455. The van der Waals surface area contributed by atoms with Crippen LogP contribution in [-0.2, 0) is 10.2 Å². The number of rotatable bonds is 5. The number of hydrogen-bond acceptors (Lipinski definition) is 3.